The minimum atomic E-state index is 0.102. The number of piperazine rings is 1. The standard InChI is InChI=1S/C15H21N3O/c1-10(2)17-8-12-6-13(9-17)18(12)15(19)14-5-4-11(3)7-16-14/h4-5,7,10,12-13H,6,8-9H2,1-3H3. The molecular formula is C15H21N3O. The fourth-order valence-corrected chi connectivity index (χ4v) is 3.12. The molecule has 0 N–H and O–H groups in total. The molecule has 102 valence electrons. The Bertz CT molecular complexity index is 471. The molecule has 1 aromatic rings. The summed E-state index contributed by atoms with van der Waals surface area (Å²) in [5.74, 6) is 0.102. The van der Waals surface area contributed by atoms with Crippen molar-refractivity contribution >= 4 is 5.91 Å². The summed E-state index contributed by atoms with van der Waals surface area (Å²) in [5, 5.41) is 0. The van der Waals surface area contributed by atoms with E-state index in [9.17, 15) is 4.79 Å². The third-order valence-electron chi connectivity index (χ3n) is 4.32. The smallest absolute Gasteiger partial charge is 0.273 e. The third-order valence-corrected chi connectivity index (χ3v) is 4.32. The van der Waals surface area contributed by atoms with Gasteiger partial charge in [0.2, 0.25) is 0 Å². The van der Waals surface area contributed by atoms with Gasteiger partial charge in [-0.2, -0.15) is 0 Å². The van der Waals surface area contributed by atoms with Crippen molar-refractivity contribution in [1.82, 2.24) is 14.8 Å². The second kappa shape index (κ2) is 4.60. The number of carbonyl (C=O) groups is 1. The van der Waals surface area contributed by atoms with E-state index < -0.39 is 0 Å². The number of rotatable bonds is 2. The van der Waals surface area contributed by atoms with Crippen LogP contribution in [0.5, 0.6) is 0 Å². The highest BCUT2D eigenvalue weighted by atomic mass is 16.2. The van der Waals surface area contributed by atoms with E-state index in [4.69, 9.17) is 0 Å². The van der Waals surface area contributed by atoms with Gasteiger partial charge in [-0.3, -0.25) is 14.7 Å². The summed E-state index contributed by atoms with van der Waals surface area (Å²) >= 11 is 0. The summed E-state index contributed by atoms with van der Waals surface area (Å²) in [5.41, 5.74) is 1.67. The molecule has 0 aromatic carbocycles. The van der Waals surface area contributed by atoms with Crippen LogP contribution in [0.25, 0.3) is 0 Å². The number of aromatic nitrogens is 1. The number of nitrogens with zero attached hydrogens (tertiary/aromatic N) is 3. The topological polar surface area (TPSA) is 36.4 Å². The summed E-state index contributed by atoms with van der Waals surface area (Å²) in [6.07, 6.45) is 2.92. The summed E-state index contributed by atoms with van der Waals surface area (Å²) in [7, 11) is 0. The number of fused-ring (bicyclic) bond motifs is 2. The van der Waals surface area contributed by atoms with Crippen molar-refractivity contribution in [2.45, 2.75) is 45.3 Å². The van der Waals surface area contributed by atoms with Crippen LogP contribution in [0.4, 0.5) is 0 Å². The van der Waals surface area contributed by atoms with Crippen LogP contribution in [0, 0.1) is 6.92 Å². The van der Waals surface area contributed by atoms with Crippen LogP contribution in [0.3, 0.4) is 0 Å². The van der Waals surface area contributed by atoms with E-state index in [0.29, 0.717) is 23.8 Å². The molecule has 19 heavy (non-hydrogen) atoms. The Balaban J connectivity index is 1.72. The van der Waals surface area contributed by atoms with E-state index >= 15 is 0 Å². The first-order valence-electron chi connectivity index (χ1n) is 7.05. The molecule has 4 heteroatoms. The maximum atomic E-state index is 12.5. The predicted molar refractivity (Wildman–Crippen MR) is 74.0 cm³/mol. The maximum Gasteiger partial charge on any atom is 0.273 e. The summed E-state index contributed by atoms with van der Waals surface area (Å²) < 4.78 is 0. The lowest BCUT2D eigenvalue weighted by Gasteiger charge is -2.57. The Labute approximate surface area is 114 Å². The van der Waals surface area contributed by atoms with E-state index in [1.165, 1.54) is 0 Å². The zero-order chi connectivity index (χ0) is 13.6. The van der Waals surface area contributed by atoms with Crippen molar-refractivity contribution in [3.8, 4) is 0 Å². The molecule has 1 amide bonds. The Morgan fingerprint density at radius 1 is 1.32 bits per heavy atom. The van der Waals surface area contributed by atoms with Crippen LogP contribution in [0.2, 0.25) is 0 Å². The van der Waals surface area contributed by atoms with Crippen LogP contribution < -0.4 is 0 Å². The zero-order valence-electron chi connectivity index (χ0n) is 11.8. The maximum absolute atomic E-state index is 12.5. The number of pyridine rings is 1. The first kappa shape index (κ1) is 12.6. The molecule has 2 fully saturated rings. The van der Waals surface area contributed by atoms with Crippen molar-refractivity contribution in [2.75, 3.05) is 13.1 Å². The van der Waals surface area contributed by atoms with Gasteiger partial charge in [-0.15, -0.1) is 0 Å². The van der Waals surface area contributed by atoms with Crippen LogP contribution >= 0.6 is 0 Å². The van der Waals surface area contributed by atoms with Gasteiger partial charge in [-0.1, -0.05) is 6.07 Å². The fraction of sp³-hybridized carbons (Fsp3) is 0.600. The number of piperidine rings is 1. The van der Waals surface area contributed by atoms with Gasteiger partial charge in [-0.05, 0) is 38.8 Å². The van der Waals surface area contributed by atoms with E-state index in [1.807, 2.05) is 24.0 Å². The van der Waals surface area contributed by atoms with Crippen LogP contribution in [0.1, 0.15) is 36.3 Å². The molecule has 2 atom stereocenters. The lowest BCUT2D eigenvalue weighted by molar-refractivity contribution is -0.0566. The van der Waals surface area contributed by atoms with E-state index in [-0.39, 0.29) is 5.91 Å². The molecule has 3 rings (SSSR count). The Hall–Kier alpha value is -1.42. The van der Waals surface area contributed by atoms with Gasteiger partial charge in [0, 0.05) is 37.4 Å². The first-order chi connectivity index (χ1) is 9.06. The van der Waals surface area contributed by atoms with E-state index in [2.05, 4.69) is 23.7 Å². The number of hydrogen-bond donors (Lipinski definition) is 0. The molecule has 4 nitrogen and oxygen atoms in total. The Kier molecular flexibility index (Phi) is 3.05. The molecule has 2 unspecified atom stereocenters. The van der Waals surface area contributed by atoms with Crippen LogP contribution in [0.15, 0.2) is 18.3 Å². The first-order valence-corrected chi connectivity index (χ1v) is 7.05. The molecule has 0 radical (unpaired) electrons. The van der Waals surface area contributed by atoms with Crippen molar-refractivity contribution in [3.63, 3.8) is 0 Å². The number of amides is 1. The van der Waals surface area contributed by atoms with Gasteiger partial charge in [-0.25, -0.2) is 0 Å². The summed E-state index contributed by atoms with van der Waals surface area (Å²) in [6.45, 7) is 8.44. The SMILES string of the molecule is Cc1ccc(C(=O)N2C3CC2CN(C(C)C)C3)nc1. The minimum Gasteiger partial charge on any atom is -0.329 e. The average Bonchev–Trinajstić information content (AvgIpc) is 2.39. The molecule has 0 saturated carbocycles. The molecule has 2 bridgehead atoms. The monoisotopic (exact) mass is 259 g/mol. The quantitative estimate of drug-likeness (QED) is 0.811. The van der Waals surface area contributed by atoms with Gasteiger partial charge < -0.3 is 4.90 Å². The normalized spacial score (nSPS) is 26.4. The largest absolute Gasteiger partial charge is 0.329 e. The van der Waals surface area contributed by atoms with Gasteiger partial charge in [0.25, 0.3) is 5.91 Å². The highest BCUT2D eigenvalue weighted by Gasteiger charge is 2.47. The molecule has 2 aliphatic rings. The molecule has 1 aromatic heterocycles. The predicted octanol–water partition coefficient (Wildman–Crippen LogP) is 1.70. The Morgan fingerprint density at radius 2 is 2.00 bits per heavy atom. The van der Waals surface area contributed by atoms with Crippen molar-refractivity contribution in [1.29, 1.82) is 0 Å². The second-order valence-corrected chi connectivity index (χ2v) is 6.02. The highest BCUT2D eigenvalue weighted by molar-refractivity contribution is 5.93. The zero-order valence-corrected chi connectivity index (χ0v) is 11.8. The highest BCUT2D eigenvalue weighted by Crippen LogP contribution is 2.34. The summed E-state index contributed by atoms with van der Waals surface area (Å²) in [4.78, 5) is 21.2. The van der Waals surface area contributed by atoms with Gasteiger partial charge in [0.15, 0.2) is 0 Å². The third kappa shape index (κ3) is 2.14. The Morgan fingerprint density at radius 3 is 2.53 bits per heavy atom. The molecule has 2 saturated heterocycles. The van der Waals surface area contributed by atoms with Crippen LogP contribution in [-0.4, -0.2) is 51.9 Å². The number of likely N-dealkylation sites (tertiary alicyclic amines) is 2. The number of carbonyl (C=O) groups excluding carboxylic acids is 1. The molecule has 0 spiro atoms. The lowest BCUT2D eigenvalue weighted by Crippen LogP contribution is -2.70. The lowest BCUT2D eigenvalue weighted by atomic mass is 9.86. The van der Waals surface area contributed by atoms with E-state index in [0.717, 1.165) is 25.1 Å². The van der Waals surface area contributed by atoms with Crippen molar-refractivity contribution < 1.29 is 4.79 Å². The number of hydrogen-bond acceptors (Lipinski definition) is 3. The summed E-state index contributed by atoms with van der Waals surface area (Å²) in [6, 6.07) is 5.14. The molecule has 2 aliphatic heterocycles. The average molecular weight is 259 g/mol. The number of aryl methyl sites for hydroxylation is 1. The van der Waals surface area contributed by atoms with Crippen LogP contribution in [-0.2, 0) is 0 Å². The van der Waals surface area contributed by atoms with E-state index in [1.54, 1.807) is 6.20 Å². The van der Waals surface area contributed by atoms with Gasteiger partial charge in [0.05, 0.1) is 0 Å². The fourth-order valence-electron chi connectivity index (χ4n) is 3.12. The minimum absolute atomic E-state index is 0.102. The van der Waals surface area contributed by atoms with Crippen molar-refractivity contribution in [3.05, 3.63) is 29.6 Å². The second-order valence-electron chi connectivity index (χ2n) is 6.02. The molecular weight excluding hydrogens is 238 g/mol. The van der Waals surface area contributed by atoms with Gasteiger partial charge in [0.1, 0.15) is 5.69 Å². The molecule has 0 aliphatic carbocycles. The molecule has 3 heterocycles. The van der Waals surface area contributed by atoms with Gasteiger partial charge >= 0.3 is 0 Å². The van der Waals surface area contributed by atoms with Crippen molar-refractivity contribution in [2.24, 2.45) is 0 Å².